The van der Waals surface area contributed by atoms with Crippen molar-refractivity contribution in [2.75, 3.05) is 52.4 Å². The minimum atomic E-state index is -0.351. The summed E-state index contributed by atoms with van der Waals surface area (Å²) in [6.07, 6.45) is -0.0699. The van der Waals surface area contributed by atoms with Gasteiger partial charge in [0.25, 0.3) is 11.8 Å². The van der Waals surface area contributed by atoms with Gasteiger partial charge in [-0.3, -0.25) is 14.5 Å². The Bertz CT molecular complexity index is 867. The van der Waals surface area contributed by atoms with Gasteiger partial charge in [0.05, 0.1) is 12.7 Å². The monoisotopic (exact) mass is 411 g/mol. The van der Waals surface area contributed by atoms with Gasteiger partial charge in [-0.05, 0) is 36.4 Å². The number of carbonyl (C=O) groups excluding carboxylic acids is 2. The molecule has 0 N–H and O–H groups in total. The summed E-state index contributed by atoms with van der Waals surface area (Å²) >= 11 is 0. The predicted octanol–water partition coefficient (Wildman–Crippen LogP) is 2.12. The summed E-state index contributed by atoms with van der Waals surface area (Å²) in [4.78, 5) is 31.2. The predicted molar refractivity (Wildman–Crippen MR) is 111 cm³/mol. The average molecular weight is 411 g/mol. The molecule has 2 amide bonds. The summed E-state index contributed by atoms with van der Waals surface area (Å²) in [5, 5.41) is 0. The average Bonchev–Trinajstić information content (AvgIpc) is 2.80. The fraction of sp³-hybridized carbons (Fsp3) is 0.391. The Hall–Kier alpha value is -2.77. The molecule has 0 spiro atoms. The van der Waals surface area contributed by atoms with Crippen LogP contribution in [0, 0.1) is 5.82 Å². The van der Waals surface area contributed by atoms with Gasteiger partial charge in [0.1, 0.15) is 5.82 Å². The second-order valence-corrected chi connectivity index (χ2v) is 7.71. The summed E-state index contributed by atoms with van der Waals surface area (Å²) < 4.78 is 19.0. The maximum atomic E-state index is 13.1. The van der Waals surface area contributed by atoms with Crippen LogP contribution in [-0.4, -0.2) is 85.0 Å². The second-order valence-electron chi connectivity index (χ2n) is 7.71. The van der Waals surface area contributed by atoms with Gasteiger partial charge in [-0.25, -0.2) is 4.39 Å². The van der Waals surface area contributed by atoms with E-state index in [0.717, 1.165) is 25.2 Å². The lowest BCUT2D eigenvalue weighted by atomic mass is 10.1. The molecule has 30 heavy (non-hydrogen) atoms. The molecule has 2 aromatic rings. The first-order valence-corrected chi connectivity index (χ1v) is 10.3. The van der Waals surface area contributed by atoms with Crippen molar-refractivity contribution in [3.05, 3.63) is 71.5 Å². The molecule has 2 aliphatic rings. The van der Waals surface area contributed by atoms with E-state index in [4.69, 9.17) is 4.74 Å². The van der Waals surface area contributed by atoms with Crippen molar-refractivity contribution >= 4 is 11.8 Å². The van der Waals surface area contributed by atoms with E-state index in [-0.39, 0.29) is 23.7 Å². The highest BCUT2D eigenvalue weighted by Gasteiger charge is 2.28. The standard InChI is InChI=1S/C23H26FN3O3/c24-20-8-6-19(7-9-20)23(29)27-14-15-30-21(17-27)16-25-10-12-26(13-11-25)22(28)18-4-2-1-3-5-18/h1-9,21H,10-17H2. The molecule has 158 valence electrons. The highest BCUT2D eigenvalue weighted by Crippen LogP contribution is 2.14. The Morgan fingerprint density at radius 2 is 1.47 bits per heavy atom. The molecule has 0 aromatic heterocycles. The van der Waals surface area contributed by atoms with E-state index < -0.39 is 0 Å². The van der Waals surface area contributed by atoms with Gasteiger partial charge >= 0.3 is 0 Å². The Balaban J connectivity index is 1.27. The van der Waals surface area contributed by atoms with Crippen LogP contribution >= 0.6 is 0 Å². The van der Waals surface area contributed by atoms with Crippen LogP contribution in [0.1, 0.15) is 20.7 Å². The lowest BCUT2D eigenvalue weighted by Gasteiger charge is -2.39. The molecule has 2 aromatic carbocycles. The van der Waals surface area contributed by atoms with Crippen molar-refractivity contribution in [1.29, 1.82) is 0 Å². The van der Waals surface area contributed by atoms with Gasteiger partial charge in [0.2, 0.25) is 0 Å². The number of rotatable bonds is 4. The van der Waals surface area contributed by atoms with Gasteiger partial charge in [-0.15, -0.1) is 0 Å². The first-order chi connectivity index (χ1) is 14.6. The maximum absolute atomic E-state index is 13.1. The molecule has 7 heteroatoms. The molecule has 0 aliphatic carbocycles. The molecule has 0 radical (unpaired) electrons. The van der Waals surface area contributed by atoms with E-state index in [1.165, 1.54) is 24.3 Å². The van der Waals surface area contributed by atoms with Crippen molar-refractivity contribution in [2.24, 2.45) is 0 Å². The quantitative estimate of drug-likeness (QED) is 0.774. The second kappa shape index (κ2) is 9.36. The fourth-order valence-corrected chi connectivity index (χ4v) is 3.97. The maximum Gasteiger partial charge on any atom is 0.254 e. The van der Waals surface area contributed by atoms with Crippen LogP contribution in [0.15, 0.2) is 54.6 Å². The van der Waals surface area contributed by atoms with E-state index in [1.54, 1.807) is 4.90 Å². The van der Waals surface area contributed by atoms with E-state index in [9.17, 15) is 14.0 Å². The molecular formula is C23H26FN3O3. The molecule has 2 heterocycles. The number of morpholine rings is 1. The van der Waals surface area contributed by atoms with Gasteiger partial charge in [0.15, 0.2) is 0 Å². The van der Waals surface area contributed by atoms with Crippen molar-refractivity contribution in [3.8, 4) is 0 Å². The first-order valence-electron chi connectivity index (χ1n) is 10.3. The summed E-state index contributed by atoms with van der Waals surface area (Å²) in [6, 6.07) is 15.0. The fourth-order valence-electron chi connectivity index (χ4n) is 3.97. The van der Waals surface area contributed by atoms with Gasteiger partial charge in [-0.2, -0.15) is 0 Å². The molecule has 1 unspecified atom stereocenters. The number of hydrogen-bond acceptors (Lipinski definition) is 4. The topological polar surface area (TPSA) is 53.1 Å². The first kappa shape index (κ1) is 20.5. The zero-order chi connectivity index (χ0) is 20.9. The lowest BCUT2D eigenvalue weighted by Crippen LogP contribution is -2.54. The zero-order valence-corrected chi connectivity index (χ0v) is 16.9. The van der Waals surface area contributed by atoms with Crippen molar-refractivity contribution in [2.45, 2.75) is 6.10 Å². The SMILES string of the molecule is O=C(c1ccccc1)N1CCN(CC2CN(C(=O)c3ccc(F)cc3)CCO2)CC1. The van der Waals surface area contributed by atoms with E-state index >= 15 is 0 Å². The van der Waals surface area contributed by atoms with E-state index in [2.05, 4.69) is 4.90 Å². The number of benzene rings is 2. The molecule has 4 rings (SSSR count). The largest absolute Gasteiger partial charge is 0.373 e. The van der Waals surface area contributed by atoms with Crippen LogP contribution in [0.25, 0.3) is 0 Å². The van der Waals surface area contributed by atoms with Crippen LogP contribution in [0.3, 0.4) is 0 Å². The number of amides is 2. The molecule has 2 aliphatic heterocycles. The lowest BCUT2D eigenvalue weighted by molar-refractivity contribution is -0.0399. The highest BCUT2D eigenvalue weighted by atomic mass is 19.1. The number of nitrogens with zero attached hydrogens (tertiary/aromatic N) is 3. The number of carbonyl (C=O) groups is 2. The Kier molecular flexibility index (Phi) is 6.40. The van der Waals surface area contributed by atoms with Crippen LogP contribution in [0.2, 0.25) is 0 Å². The number of piperazine rings is 1. The summed E-state index contributed by atoms with van der Waals surface area (Å²) in [5.41, 5.74) is 1.21. The molecule has 2 saturated heterocycles. The summed E-state index contributed by atoms with van der Waals surface area (Å²) in [7, 11) is 0. The smallest absolute Gasteiger partial charge is 0.254 e. The Morgan fingerprint density at radius 1 is 0.833 bits per heavy atom. The van der Waals surface area contributed by atoms with Crippen molar-refractivity contribution in [1.82, 2.24) is 14.7 Å². The zero-order valence-electron chi connectivity index (χ0n) is 16.9. The van der Waals surface area contributed by atoms with Crippen LogP contribution in [-0.2, 0) is 4.74 Å². The number of ether oxygens (including phenoxy) is 1. The van der Waals surface area contributed by atoms with Gasteiger partial charge < -0.3 is 14.5 Å². The van der Waals surface area contributed by atoms with Crippen LogP contribution in [0.5, 0.6) is 0 Å². The van der Waals surface area contributed by atoms with Crippen molar-refractivity contribution in [3.63, 3.8) is 0 Å². The summed E-state index contributed by atoms with van der Waals surface area (Å²) in [6.45, 7) is 5.18. The van der Waals surface area contributed by atoms with Crippen molar-refractivity contribution < 1.29 is 18.7 Å². The molecular weight excluding hydrogens is 385 g/mol. The minimum absolute atomic E-state index is 0.0697. The van der Waals surface area contributed by atoms with E-state index in [0.29, 0.717) is 38.3 Å². The summed E-state index contributed by atoms with van der Waals surface area (Å²) in [5.74, 6) is -0.377. The van der Waals surface area contributed by atoms with Crippen LogP contribution < -0.4 is 0 Å². The minimum Gasteiger partial charge on any atom is -0.373 e. The van der Waals surface area contributed by atoms with E-state index in [1.807, 2.05) is 35.2 Å². The molecule has 2 fully saturated rings. The molecule has 0 saturated carbocycles. The number of hydrogen-bond donors (Lipinski definition) is 0. The Labute approximate surface area is 175 Å². The Morgan fingerprint density at radius 3 is 2.17 bits per heavy atom. The molecule has 1 atom stereocenters. The third-order valence-electron chi connectivity index (χ3n) is 5.66. The normalized spacial score (nSPS) is 20.2. The molecule has 0 bridgehead atoms. The third-order valence-corrected chi connectivity index (χ3v) is 5.66. The van der Waals surface area contributed by atoms with Crippen LogP contribution in [0.4, 0.5) is 4.39 Å². The third kappa shape index (κ3) is 4.86. The van der Waals surface area contributed by atoms with Gasteiger partial charge in [-0.1, -0.05) is 18.2 Å². The van der Waals surface area contributed by atoms with Gasteiger partial charge in [0, 0.05) is 56.9 Å². The molecule has 6 nitrogen and oxygen atoms in total. The highest BCUT2D eigenvalue weighted by molar-refractivity contribution is 5.94. The number of halogens is 1.